The van der Waals surface area contributed by atoms with Crippen LogP contribution in [0.4, 0.5) is 0 Å². The Morgan fingerprint density at radius 2 is 1.72 bits per heavy atom. The number of hydrogen-bond donors (Lipinski definition) is 0. The summed E-state index contributed by atoms with van der Waals surface area (Å²) in [4.78, 5) is 25.8. The normalized spacial score (nSPS) is 23.1. The summed E-state index contributed by atoms with van der Waals surface area (Å²) in [7, 11) is 0. The van der Waals surface area contributed by atoms with Gasteiger partial charge >= 0.3 is 0 Å². The van der Waals surface area contributed by atoms with Gasteiger partial charge in [-0.25, -0.2) is 0 Å². The van der Waals surface area contributed by atoms with Gasteiger partial charge in [-0.1, -0.05) is 12.8 Å². The molecule has 4 heteroatoms. The lowest BCUT2D eigenvalue weighted by molar-refractivity contribution is -0.153. The van der Waals surface area contributed by atoms with Gasteiger partial charge in [0.05, 0.1) is 0 Å². The molecule has 18 heavy (non-hydrogen) atoms. The molecule has 0 bridgehead atoms. The summed E-state index contributed by atoms with van der Waals surface area (Å²) in [6, 6.07) is 0. The fraction of sp³-hybridized carbons (Fsp3) is 0.857. The first-order valence-corrected chi connectivity index (χ1v) is 8.38. The van der Waals surface area contributed by atoms with Crippen molar-refractivity contribution in [3.05, 3.63) is 0 Å². The zero-order valence-corrected chi connectivity index (χ0v) is 12.1. The number of nitrogens with zero attached hydrogens (tertiary/aromatic N) is 1. The molecule has 3 nitrogen and oxygen atoms in total. The monoisotopic (exact) mass is 269 g/mol. The predicted octanol–water partition coefficient (Wildman–Crippen LogP) is 2.84. The fourth-order valence-corrected chi connectivity index (χ4v) is 3.77. The van der Waals surface area contributed by atoms with E-state index in [9.17, 15) is 9.59 Å². The number of hydrogen-bond acceptors (Lipinski definition) is 3. The Labute approximate surface area is 114 Å². The third kappa shape index (κ3) is 3.08. The second kappa shape index (κ2) is 6.09. The number of imide groups is 1. The molecular weight excluding hydrogens is 246 g/mol. The zero-order valence-electron chi connectivity index (χ0n) is 11.2. The average Bonchev–Trinajstić information content (AvgIpc) is 2.75. The van der Waals surface area contributed by atoms with Crippen molar-refractivity contribution in [3.8, 4) is 0 Å². The Hall–Kier alpha value is -0.510. The van der Waals surface area contributed by atoms with E-state index in [1.807, 2.05) is 11.8 Å². The highest BCUT2D eigenvalue weighted by Gasteiger charge is 2.44. The van der Waals surface area contributed by atoms with Crippen molar-refractivity contribution in [3.63, 3.8) is 0 Å². The molecule has 0 unspecified atom stereocenters. The van der Waals surface area contributed by atoms with Crippen LogP contribution in [0.5, 0.6) is 0 Å². The largest absolute Gasteiger partial charge is 0.283 e. The van der Waals surface area contributed by atoms with Crippen LogP contribution in [0.3, 0.4) is 0 Å². The van der Waals surface area contributed by atoms with Gasteiger partial charge < -0.3 is 0 Å². The van der Waals surface area contributed by atoms with E-state index < -0.39 is 0 Å². The van der Waals surface area contributed by atoms with Gasteiger partial charge in [-0.05, 0) is 43.1 Å². The van der Waals surface area contributed by atoms with Crippen LogP contribution in [0.1, 0.15) is 51.4 Å². The van der Waals surface area contributed by atoms with Crippen LogP contribution in [-0.4, -0.2) is 35.3 Å². The van der Waals surface area contributed by atoms with Crippen molar-refractivity contribution in [2.24, 2.45) is 5.41 Å². The highest BCUT2D eigenvalue weighted by Crippen LogP contribution is 2.46. The number of thioether (sulfide) groups is 1. The molecule has 1 aliphatic heterocycles. The van der Waals surface area contributed by atoms with Crippen molar-refractivity contribution < 1.29 is 9.59 Å². The molecule has 0 aromatic heterocycles. The minimum Gasteiger partial charge on any atom is -0.283 e. The lowest BCUT2D eigenvalue weighted by Gasteiger charge is -2.37. The quantitative estimate of drug-likeness (QED) is 0.569. The minimum atomic E-state index is 0.0456. The van der Waals surface area contributed by atoms with E-state index in [0.29, 0.717) is 19.4 Å². The summed E-state index contributed by atoms with van der Waals surface area (Å²) in [5, 5.41) is 0. The number of piperidine rings is 1. The predicted molar refractivity (Wildman–Crippen MR) is 74.5 cm³/mol. The molecule has 1 saturated heterocycles. The first kappa shape index (κ1) is 13.9. The highest BCUT2D eigenvalue weighted by molar-refractivity contribution is 7.98. The maximum absolute atomic E-state index is 12.1. The first-order chi connectivity index (χ1) is 8.67. The Morgan fingerprint density at radius 1 is 1.11 bits per heavy atom. The summed E-state index contributed by atoms with van der Waals surface area (Å²) in [6.07, 6.45) is 9.87. The molecule has 1 aliphatic carbocycles. The van der Waals surface area contributed by atoms with E-state index >= 15 is 0 Å². The summed E-state index contributed by atoms with van der Waals surface area (Å²) in [5.74, 6) is 1.27. The molecule has 2 rings (SSSR count). The maximum Gasteiger partial charge on any atom is 0.229 e. The van der Waals surface area contributed by atoms with Gasteiger partial charge in [-0.15, -0.1) is 0 Å². The Morgan fingerprint density at radius 3 is 2.28 bits per heavy atom. The van der Waals surface area contributed by atoms with E-state index in [-0.39, 0.29) is 17.2 Å². The van der Waals surface area contributed by atoms with Crippen LogP contribution in [0.15, 0.2) is 0 Å². The molecule has 0 atom stereocenters. The number of rotatable bonds is 5. The van der Waals surface area contributed by atoms with Gasteiger partial charge in [0.2, 0.25) is 11.8 Å². The second-order valence-electron chi connectivity index (χ2n) is 5.70. The van der Waals surface area contributed by atoms with E-state index in [4.69, 9.17) is 0 Å². The van der Waals surface area contributed by atoms with Crippen molar-refractivity contribution in [2.45, 2.75) is 51.4 Å². The van der Waals surface area contributed by atoms with Crippen LogP contribution >= 0.6 is 11.8 Å². The van der Waals surface area contributed by atoms with Gasteiger partial charge in [0, 0.05) is 19.4 Å². The Balaban J connectivity index is 1.86. The van der Waals surface area contributed by atoms with Gasteiger partial charge in [-0.3, -0.25) is 14.5 Å². The molecule has 2 fully saturated rings. The average molecular weight is 269 g/mol. The van der Waals surface area contributed by atoms with E-state index in [0.717, 1.165) is 31.4 Å². The molecule has 1 heterocycles. The lowest BCUT2D eigenvalue weighted by atomic mass is 9.76. The van der Waals surface area contributed by atoms with Crippen LogP contribution < -0.4 is 0 Å². The van der Waals surface area contributed by atoms with Crippen LogP contribution in [-0.2, 0) is 9.59 Å². The van der Waals surface area contributed by atoms with Gasteiger partial charge in [0.25, 0.3) is 0 Å². The summed E-state index contributed by atoms with van der Waals surface area (Å²) >= 11 is 1.82. The first-order valence-electron chi connectivity index (χ1n) is 6.99. The molecule has 0 aromatic carbocycles. The molecule has 0 N–H and O–H groups in total. The highest BCUT2D eigenvalue weighted by atomic mass is 32.2. The Bertz CT molecular complexity index is 304. The lowest BCUT2D eigenvalue weighted by Crippen LogP contribution is -2.47. The SMILES string of the molecule is CSCCCCN1C(=O)CC2(CCCC2)CC1=O. The van der Waals surface area contributed by atoms with Crippen molar-refractivity contribution >= 4 is 23.6 Å². The molecule has 1 saturated carbocycles. The standard InChI is InChI=1S/C14H23NO2S/c1-18-9-5-4-8-15-12(16)10-14(11-13(15)17)6-2-3-7-14/h2-11H2,1H3. The van der Waals surface area contributed by atoms with E-state index in [2.05, 4.69) is 6.26 Å². The second-order valence-corrected chi connectivity index (χ2v) is 6.69. The number of likely N-dealkylation sites (tertiary alicyclic amines) is 1. The zero-order chi connectivity index (χ0) is 13.0. The molecular formula is C14H23NO2S. The third-order valence-corrected chi connectivity index (χ3v) is 5.00. The van der Waals surface area contributed by atoms with Crippen molar-refractivity contribution in [1.29, 1.82) is 0 Å². The summed E-state index contributed by atoms with van der Waals surface area (Å²) in [5.41, 5.74) is 0.0456. The number of amides is 2. The fourth-order valence-electron chi connectivity index (χ4n) is 3.28. The number of carbonyl (C=O) groups is 2. The molecule has 1 spiro atoms. The van der Waals surface area contributed by atoms with Crippen LogP contribution in [0.2, 0.25) is 0 Å². The Kier molecular flexibility index (Phi) is 4.71. The van der Waals surface area contributed by atoms with E-state index in [1.54, 1.807) is 0 Å². The maximum atomic E-state index is 12.1. The molecule has 0 aromatic rings. The van der Waals surface area contributed by atoms with Crippen LogP contribution in [0, 0.1) is 5.41 Å². The number of carbonyl (C=O) groups excluding carboxylic acids is 2. The molecule has 0 radical (unpaired) electrons. The molecule has 2 aliphatic rings. The summed E-state index contributed by atoms with van der Waals surface area (Å²) in [6.45, 7) is 0.633. The van der Waals surface area contributed by atoms with Gasteiger partial charge in [0.15, 0.2) is 0 Å². The number of unbranched alkanes of at least 4 members (excludes halogenated alkanes) is 1. The van der Waals surface area contributed by atoms with E-state index in [1.165, 1.54) is 17.7 Å². The van der Waals surface area contributed by atoms with Crippen LogP contribution in [0.25, 0.3) is 0 Å². The van der Waals surface area contributed by atoms with Crippen molar-refractivity contribution in [1.82, 2.24) is 4.90 Å². The topological polar surface area (TPSA) is 37.4 Å². The minimum absolute atomic E-state index is 0.0456. The molecule has 2 amide bonds. The third-order valence-electron chi connectivity index (χ3n) is 4.30. The summed E-state index contributed by atoms with van der Waals surface area (Å²) < 4.78 is 0. The van der Waals surface area contributed by atoms with Crippen molar-refractivity contribution in [2.75, 3.05) is 18.6 Å². The smallest absolute Gasteiger partial charge is 0.229 e. The van der Waals surface area contributed by atoms with Gasteiger partial charge in [0.1, 0.15) is 0 Å². The van der Waals surface area contributed by atoms with Gasteiger partial charge in [-0.2, -0.15) is 11.8 Å². The molecule has 102 valence electrons.